The summed E-state index contributed by atoms with van der Waals surface area (Å²) in [6.45, 7) is 4.06. The van der Waals surface area contributed by atoms with Crippen molar-refractivity contribution < 1.29 is 9.90 Å². The largest absolute Gasteiger partial charge is 0.481 e. The van der Waals surface area contributed by atoms with Gasteiger partial charge in [0.15, 0.2) is 0 Å². The summed E-state index contributed by atoms with van der Waals surface area (Å²) in [7, 11) is 0. The first-order valence-electron chi connectivity index (χ1n) is 4.89. The Kier molecular flexibility index (Phi) is 3.12. The van der Waals surface area contributed by atoms with Crippen LogP contribution in [0.3, 0.4) is 0 Å². The second-order valence-corrected chi connectivity index (χ2v) is 4.67. The van der Waals surface area contributed by atoms with Gasteiger partial charge in [-0.1, -0.05) is 25.5 Å². The lowest BCUT2D eigenvalue weighted by Gasteiger charge is -2.22. The van der Waals surface area contributed by atoms with Gasteiger partial charge in [-0.25, -0.2) is 0 Å². The molecule has 74 valence electrons. The van der Waals surface area contributed by atoms with E-state index in [1.54, 1.807) is 0 Å². The minimum atomic E-state index is -0.691. The molecule has 1 N–H and O–H groups in total. The van der Waals surface area contributed by atoms with Crippen molar-refractivity contribution in [2.24, 2.45) is 5.41 Å². The van der Waals surface area contributed by atoms with Crippen LogP contribution in [0.4, 0.5) is 0 Å². The van der Waals surface area contributed by atoms with E-state index in [9.17, 15) is 4.79 Å². The van der Waals surface area contributed by atoms with Crippen molar-refractivity contribution in [3.63, 3.8) is 0 Å². The predicted octanol–water partition coefficient (Wildman–Crippen LogP) is 2.99. The first kappa shape index (κ1) is 10.3. The number of allylic oxidation sites excluding steroid dienone is 2. The molecule has 2 heteroatoms. The van der Waals surface area contributed by atoms with Gasteiger partial charge in [-0.15, -0.1) is 0 Å². The Morgan fingerprint density at radius 2 is 2.31 bits per heavy atom. The zero-order chi connectivity index (χ0) is 9.90. The lowest BCUT2D eigenvalue weighted by Crippen LogP contribution is -2.17. The fourth-order valence-corrected chi connectivity index (χ4v) is 1.98. The molecule has 0 aromatic heterocycles. The SMILES string of the molecule is CC(C)(CC(=O)O)CC1=CCCC1. The van der Waals surface area contributed by atoms with Gasteiger partial charge in [0.25, 0.3) is 0 Å². The van der Waals surface area contributed by atoms with Gasteiger partial charge in [0.05, 0.1) is 6.42 Å². The van der Waals surface area contributed by atoms with E-state index in [1.165, 1.54) is 24.8 Å². The van der Waals surface area contributed by atoms with Crippen LogP contribution in [0.2, 0.25) is 0 Å². The van der Waals surface area contributed by atoms with Gasteiger partial charge in [-0.2, -0.15) is 0 Å². The monoisotopic (exact) mass is 182 g/mol. The van der Waals surface area contributed by atoms with E-state index in [0.29, 0.717) is 0 Å². The highest BCUT2D eigenvalue weighted by Gasteiger charge is 2.23. The minimum absolute atomic E-state index is 0.0813. The maximum absolute atomic E-state index is 10.6. The number of hydrogen-bond acceptors (Lipinski definition) is 1. The molecule has 0 radical (unpaired) electrons. The van der Waals surface area contributed by atoms with Gasteiger partial charge in [-0.05, 0) is 31.1 Å². The lowest BCUT2D eigenvalue weighted by atomic mass is 9.82. The van der Waals surface area contributed by atoms with Crippen molar-refractivity contribution in [1.29, 1.82) is 0 Å². The Labute approximate surface area is 79.6 Å². The van der Waals surface area contributed by atoms with Crippen molar-refractivity contribution >= 4 is 5.97 Å². The maximum Gasteiger partial charge on any atom is 0.303 e. The number of rotatable bonds is 4. The van der Waals surface area contributed by atoms with Gasteiger partial charge < -0.3 is 5.11 Å². The highest BCUT2D eigenvalue weighted by molar-refractivity contribution is 5.67. The normalized spacial score (nSPS) is 17.2. The third-order valence-electron chi connectivity index (χ3n) is 2.47. The second-order valence-electron chi connectivity index (χ2n) is 4.67. The van der Waals surface area contributed by atoms with Gasteiger partial charge in [0, 0.05) is 0 Å². The number of hydrogen-bond donors (Lipinski definition) is 1. The van der Waals surface area contributed by atoms with E-state index < -0.39 is 5.97 Å². The molecule has 13 heavy (non-hydrogen) atoms. The topological polar surface area (TPSA) is 37.3 Å². The van der Waals surface area contributed by atoms with Crippen LogP contribution in [0.1, 0.15) is 46.0 Å². The molecule has 0 aliphatic heterocycles. The Bertz CT molecular complexity index is 226. The predicted molar refractivity (Wildman–Crippen MR) is 52.6 cm³/mol. The minimum Gasteiger partial charge on any atom is -0.481 e. The van der Waals surface area contributed by atoms with E-state index in [-0.39, 0.29) is 11.8 Å². The van der Waals surface area contributed by atoms with Gasteiger partial charge in [-0.3, -0.25) is 4.79 Å². The van der Waals surface area contributed by atoms with Crippen molar-refractivity contribution in [2.45, 2.75) is 46.0 Å². The average Bonchev–Trinajstić information content (AvgIpc) is 2.34. The van der Waals surface area contributed by atoms with Crippen LogP contribution in [-0.4, -0.2) is 11.1 Å². The fraction of sp³-hybridized carbons (Fsp3) is 0.727. The Morgan fingerprint density at radius 1 is 1.62 bits per heavy atom. The van der Waals surface area contributed by atoms with Crippen LogP contribution in [0.25, 0.3) is 0 Å². The highest BCUT2D eigenvalue weighted by Crippen LogP contribution is 2.33. The summed E-state index contributed by atoms with van der Waals surface area (Å²) in [6.07, 6.45) is 7.08. The van der Waals surface area contributed by atoms with Crippen LogP contribution >= 0.6 is 0 Å². The Morgan fingerprint density at radius 3 is 2.77 bits per heavy atom. The van der Waals surface area contributed by atoms with Gasteiger partial charge in [0.1, 0.15) is 0 Å². The maximum atomic E-state index is 10.6. The molecule has 0 bridgehead atoms. The summed E-state index contributed by atoms with van der Waals surface area (Å²) >= 11 is 0. The van der Waals surface area contributed by atoms with Crippen LogP contribution < -0.4 is 0 Å². The fourth-order valence-electron chi connectivity index (χ4n) is 1.98. The molecule has 0 aromatic rings. The van der Waals surface area contributed by atoms with E-state index in [1.807, 2.05) is 13.8 Å². The second kappa shape index (κ2) is 3.95. The highest BCUT2D eigenvalue weighted by atomic mass is 16.4. The number of carbonyl (C=O) groups is 1. The summed E-state index contributed by atoms with van der Waals surface area (Å²) in [4.78, 5) is 10.6. The van der Waals surface area contributed by atoms with E-state index in [4.69, 9.17) is 5.11 Å². The van der Waals surface area contributed by atoms with E-state index in [0.717, 1.165) is 6.42 Å². The van der Waals surface area contributed by atoms with Crippen molar-refractivity contribution in [2.75, 3.05) is 0 Å². The standard InChI is InChI=1S/C11H18O2/c1-11(2,8-10(12)13)7-9-5-3-4-6-9/h5H,3-4,6-8H2,1-2H3,(H,12,13). The van der Waals surface area contributed by atoms with Crippen LogP contribution in [-0.2, 0) is 4.79 Å². The van der Waals surface area contributed by atoms with Gasteiger partial charge in [0.2, 0.25) is 0 Å². The van der Waals surface area contributed by atoms with Crippen LogP contribution in [0.15, 0.2) is 11.6 Å². The quantitative estimate of drug-likeness (QED) is 0.678. The van der Waals surface area contributed by atoms with E-state index in [2.05, 4.69) is 6.08 Å². The molecule has 0 saturated heterocycles. The molecule has 0 aromatic carbocycles. The zero-order valence-corrected chi connectivity index (χ0v) is 8.47. The number of carboxylic acids is 1. The molecule has 0 saturated carbocycles. The first-order valence-corrected chi connectivity index (χ1v) is 4.89. The third-order valence-corrected chi connectivity index (χ3v) is 2.47. The van der Waals surface area contributed by atoms with Crippen LogP contribution in [0, 0.1) is 5.41 Å². The van der Waals surface area contributed by atoms with Crippen molar-refractivity contribution in [1.82, 2.24) is 0 Å². The Balaban J connectivity index is 2.45. The molecule has 1 aliphatic rings. The zero-order valence-electron chi connectivity index (χ0n) is 8.47. The molecule has 0 atom stereocenters. The smallest absolute Gasteiger partial charge is 0.303 e. The van der Waals surface area contributed by atoms with Crippen LogP contribution in [0.5, 0.6) is 0 Å². The molecule has 0 heterocycles. The molecule has 0 spiro atoms. The van der Waals surface area contributed by atoms with Gasteiger partial charge >= 0.3 is 5.97 Å². The van der Waals surface area contributed by atoms with Crippen molar-refractivity contribution in [3.05, 3.63) is 11.6 Å². The summed E-state index contributed by atoms with van der Waals surface area (Å²) in [6, 6.07) is 0. The number of aliphatic carboxylic acids is 1. The lowest BCUT2D eigenvalue weighted by molar-refractivity contribution is -0.139. The van der Waals surface area contributed by atoms with E-state index >= 15 is 0 Å². The molecule has 1 aliphatic carbocycles. The molecule has 0 unspecified atom stereocenters. The Hall–Kier alpha value is -0.790. The molecule has 1 rings (SSSR count). The summed E-state index contributed by atoms with van der Waals surface area (Å²) < 4.78 is 0. The molecule has 0 amide bonds. The third kappa shape index (κ3) is 3.62. The first-order chi connectivity index (χ1) is 5.99. The summed E-state index contributed by atoms with van der Waals surface area (Å²) in [5.41, 5.74) is 1.37. The van der Waals surface area contributed by atoms with Crippen molar-refractivity contribution in [3.8, 4) is 0 Å². The number of carboxylic acid groups (broad SMARTS) is 1. The molecule has 0 fully saturated rings. The summed E-state index contributed by atoms with van der Waals surface area (Å²) in [5.74, 6) is -0.691. The molecular weight excluding hydrogens is 164 g/mol. The molecular formula is C11H18O2. The molecule has 2 nitrogen and oxygen atoms in total. The average molecular weight is 182 g/mol. The summed E-state index contributed by atoms with van der Waals surface area (Å²) in [5, 5.41) is 8.70.